The second kappa shape index (κ2) is 6.80. The maximum Gasteiger partial charge on any atom is 0.221 e. The van der Waals surface area contributed by atoms with E-state index in [-0.39, 0.29) is 5.91 Å². The number of hydrogen-bond donors (Lipinski definition) is 2. The SMILES string of the molecule is COCC(C)CNCCC(=O)NC1CC1. The molecule has 2 N–H and O–H groups in total. The molecule has 1 aliphatic carbocycles. The van der Waals surface area contributed by atoms with Gasteiger partial charge < -0.3 is 15.4 Å². The minimum absolute atomic E-state index is 0.171. The first-order chi connectivity index (χ1) is 7.22. The third kappa shape index (κ3) is 6.47. The highest BCUT2D eigenvalue weighted by Gasteiger charge is 2.22. The lowest BCUT2D eigenvalue weighted by Gasteiger charge is -2.11. The second-order valence-corrected chi connectivity index (χ2v) is 4.36. The fraction of sp³-hybridized carbons (Fsp3) is 0.909. The molecule has 1 saturated carbocycles. The molecular formula is C11H22N2O2. The summed E-state index contributed by atoms with van der Waals surface area (Å²) < 4.78 is 5.02. The number of hydrogen-bond acceptors (Lipinski definition) is 3. The van der Waals surface area contributed by atoms with E-state index in [2.05, 4.69) is 17.6 Å². The molecule has 1 atom stereocenters. The Bertz CT molecular complexity index is 193. The topological polar surface area (TPSA) is 50.4 Å². The van der Waals surface area contributed by atoms with Crippen LogP contribution in [0.15, 0.2) is 0 Å². The van der Waals surface area contributed by atoms with E-state index in [9.17, 15) is 4.79 Å². The zero-order chi connectivity index (χ0) is 11.1. The molecule has 88 valence electrons. The summed E-state index contributed by atoms with van der Waals surface area (Å²) >= 11 is 0. The Morgan fingerprint density at radius 3 is 2.87 bits per heavy atom. The first-order valence-electron chi connectivity index (χ1n) is 5.71. The molecule has 0 bridgehead atoms. The molecule has 0 aliphatic heterocycles. The molecule has 4 heteroatoms. The van der Waals surface area contributed by atoms with Crippen LogP contribution in [0.1, 0.15) is 26.2 Å². The van der Waals surface area contributed by atoms with Crippen molar-refractivity contribution >= 4 is 5.91 Å². The van der Waals surface area contributed by atoms with Crippen molar-refractivity contribution < 1.29 is 9.53 Å². The van der Waals surface area contributed by atoms with Crippen molar-refractivity contribution in [1.29, 1.82) is 0 Å². The Morgan fingerprint density at radius 2 is 2.27 bits per heavy atom. The van der Waals surface area contributed by atoms with Crippen molar-refractivity contribution in [3.05, 3.63) is 0 Å². The van der Waals surface area contributed by atoms with Gasteiger partial charge in [0, 0.05) is 32.7 Å². The number of nitrogens with one attached hydrogen (secondary N) is 2. The number of carbonyl (C=O) groups excluding carboxylic acids is 1. The molecule has 0 radical (unpaired) electrons. The monoisotopic (exact) mass is 214 g/mol. The Balaban J connectivity index is 1.88. The van der Waals surface area contributed by atoms with Crippen LogP contribution in [0, 0.1) is 5.92 Å². The van der Waals surface area contributed by atoms with Gasteiger partial charge in [-0.25, -0.2) is 0 Å². The van der Waals surface area contributed by atoms with Crippen molar-refractivity contribution in [2.45, 2.75) is 32.2 Å². The molecule has 15 heavy (non-hydrogen) atoms. The smallest absolute Gasteiger partial charge is 0.221 e. The third-order valence-electron chi connectivity index (χ3n) is 2.42. The van der Waals surface area contributed by atoms with Crippen LogP contribution in [0.5, 0.6) is 0 Å². The minimum atomic E-state index is 0.171. The van der Waals surface area contributed by atoms with Crippen LogP contribution in [0.25, 0.3) is 0 Å². The van der Waals surface area contributed by atoms with Gasteiger partial charge in [0.2, 0.25) is 5.91 Å². The van der Waals surface area contributed by atoms with Crippen LogP contribution in [-0.2, 0) is 9.53 Å². The summed E-state index contributed by atoms with van der Waals surface area (Å²) in [7, 11) is 1.71. The summed E-state index contributed by atoms with van der Waals surface area (Å²) in [4.78, 5) is 11.3. The van der Waals surface area contributed by atoms with E-state index in [4.69, 9.17) is 4.74 Å². The molecule has 0 aromatic carbocycles. The van der Waals surface area contributed by atoms with Gasteiger partial charge in [0.1, 0.15) is 0 Å². The van der Waals surface area contributed by atoms with Gasteiger partial charge in [-0.05, 0) is 25.3 Å². The van der Waals surface area contributed by atoms with Gasteiger partial charge in [0.05, 0.1) is 0 Å². The second-order valence-electron chi connectivity index (χ2n) is 4.36. The van der Waals surface area contributed by atoms with E-state index < -0.39 is 0 Å². The van der Waals surface area contributed by atoms with Gasteiger partial charge in [-0.15, -0.1) is 0 Å². The summed E-state index contributed by atoms with van der Waals surface area (Å²) in [6.45, 7) is 4.55. The van der Waals surface area contributed by atoms with Crippen molar-refractivity contribution in [2.75, 3.05) is 26.8 Å². The van der Waals surface area contributed by atoms with E-state index in [0.717, 1.165) is 32.5 Å². The third-order valence-corrected chi connectivity index (χ3v) is 2.42. The molecule has 0 saturated heterocycles. The molecule has 0 spiro atoms. The van der Waals surface area contributed by atoms with Gasteiger partial charge in [0.15, 0.2) is 0 Å². The lowest BCUT2D eigenvalue weighted by atomic mass is 10.2. The van der Waals surface area contributed by atoms with Crippen LogP contribution in [0.2, 0.25) is 0 Å². The standard InChI is InChI=1S/C11H22N2O2/c1-9(8-15-2)7-12-6-5-11(14)13-10-3-4-10/h9-10,12H,3-8H2,1-2H3,(H,13,14). The van der Waals surface area contributed by atoms with E-state index >= 15 is 0 Å². The highest BCUT2D eigenvalue weighted by molar-refractivity contribution is 5.76. The van der Waals surface area contributed by atoms with E-state index in [0.29, 0.717) is 18.4 Å². The number of ether oxygens (including phenoxy) is 1. The molecule has 1 fully saturated rings. The van der Waals surface area contributed by atoms with Crippen LogP contribution < -0.4 is 10.6 Å². The number of carbonyl (C=O) groups is 1. The van der Waals surface area contributed by atoms with Crippen molar-refractivity contribution in [2.24, 2.45) is 5.92 Å². The molecule has 4 nitrogen and oxygen atoms in total. The Hall–Kier alpha value is -0.610. The highest BCUT2D eigenvalue weighted by Crippen LogP contribution is 2.18. The van der Waals surface area contributed by atoms with Crippen LogP contribution in [-0.4, -0.2) is 38.8 Å². The van der Waals surface area contributed by atoms with Crippen molar-refractivity contribution in [1.82, 2.24) is 10.6 Å². The number of rotatable bonds is 8. The maximum absolute atomic E-state index is 11.3. The van der Waals surface area contributed by atoms with Gasteiger partial charge >= 0.3 is 0 Å². The Morgan fingerprint density at radius 1 is 1.53 bits per heavy atom. The lowest BCUT2D eigenvalue weighted by Crippen LogP contribution is -2.31. The average molecular weight is 214 g/mol. The summed E-state index contributed by atoms with van der Waals surface area (Å²) in [5.74, 6) is 0.672. The fourth-order valence-corrected chi connectivity index (χ4v) is 1.42. The van der Waals surface area contributed by atoms with Crippen LogP contribution in [0.3, 0.4) is 0 Å². The van der Waals surface area contributed by atoms with Gasteiger partial charge in [0.25, 0.3) is 0 Å². The summed E-state index contributed by atoms with van der Waals surface area (Å²) in [6, 6.07) is 0.477. The number of amides is 1. The van der Waals surface area contributed by atoms with E-state index in [1.54, 1.807) is 7.11 Å². The van der Waals surface area contributed by atoms with Gasteiger partial charge in [-0.2, -0.15) is 0 Å². The quantitative estimate of drug-likeness (QED) is 0.579. The molecule has 0 heterocycles. The summed E-state index contributed by atoms with van der Waals surface area (Å²) in [5, 5.41) is 6.22. The molecular weight excluding hydrogens is 192 g/mol. The molecule has 1 aliphatic rings. The zero-order valence-corrected chi connectivity index (χ0v) is 9.71. The van der Waals surface area contributed by atoms with Gasteiger partial charge in [-0.3, -0.25) is 4.79 Å². The first kappa shape index (κ1) is 12.5. The fourth-order valence-electron chi connectivity index (χ4n) is 1.42. The first-order valence-corrected chi connectivity index (χ1v) is 5.71. The molecule has 0 aromatic rings. The minimum Gasteiger partial charge on any atom is -0.384 e. The average Bonchev–Trinajstić information content (AvgIpc) is 2.97. The Kier molecular flexibility index (Phi) is 5.65. The van der Waals surface area contributed by atoms with E-state index in [1.165, 1.54) is 0 Å². The van der Waals surface area contributed by atoms with Crippen molar-refractivity contribution in [3.63, 3.8) is 0 Å². The molecule has 0 aromatic heterocycles. The summed E-state index contributed by atoms with van der Waals surface area (Å²) in [6.07, 6.45) is 2.89. The normalized spacial score (nSPS) is 17.5. The zero-order valence-electron chi connectivity index (χ0n) is 9.71. The molecule has 1 amide bonds. The number of methoxy groups -OCH3 is 1. The highest BCUT2D eigenvalue weighted by atomic mass is 16.5. The van der Waals surface area contributed by atoms with Gasteiger partial charge in [-0.1, -0.05) is 6.92 Å². The summed E-state index contributed by atoms with van der Waals surface area (Å²) in [5.41, 5.74) is 0. The predicted octanol–water partition coefficient (Wildman–Crippen LogP) is 0.527. The van der Waals surface area contributed by atoms with Crippen LogP contribution >= 0.6 is 0 Å². The maximum atomic E-state index is 11.3. The van der Waals surface area contributed by atoms with E-state index in [1.807, 2.05) is 0 Å². The Labute approximate surface area is 91.8 Å². The predicted molar refractivity (Wildman–Crippen MR) is 59.7 cm³/mol. The van der Waals surface area contributed by atoms with Crippen LogP contribution in [0.4, 0.5) is 0 Å². The van der Waals surface area contributed by atoms with Crippen molar-refractivity contribution in [3.8, 4) is 0 Å². The molecule has 1 rings (SSSR count). The lowest BCUT2D eigenvalue weighted by molar-refractivity contribution is -0.121. The largest absolute Gasteiger partial charge is 0.384 e. The molecule has 1 unspecified atom stereocenters.